The Balaban J connectivity index is 1.56. The van der Waals surface area contributed by atoms with E-state index in [9.17, 15) is 9.59 Å². The highest BCUT2D eigenvalue weighted by Crippen LogP contribution is 2.13. The Morgan fingerprint density at radius 2 is 2.04 bits per heavy atom. The van der Waals surface area contributed by atoms with Crippen molar-refractivity contribution in [3.63, 3.8) is 0 Å². The second-order valence-corrected chi connectivity index (χ2v) is 6.82. The van der Waals surface area contributed by atoms with Gasteiger partial charge in [0.25, 0.3) is 0 Å². The quantitative estimate of drug-likeness (QED) is 0.822. The SMILES string of the molecule is Cc1ccc(NC(=O)[C@@H]2CNCCN2C(=O)CCCc2ccccc2)cn1. The lowest BCUT2D eigenvalue weighted by Crippen LogP contribution is -2.58. The molecular formula is C21H26N4O2. The first kappa shape index (κ1) is 19.0. The molecule has 0 aliphatic carbocycles. The first-order valence-electron chi connectivity index (χ1n) is 9.41. The van der Waals surface area contributed by atoms with Crippen LogP contribution in [0, 0.1) is 6.92 Å². The zero-order valence-corrected chi connectivity index (χ0v) is 15.6. The lowest BCUT2D eigenvalue weighted by atomic mass is 10.1. The molecular weight excluding hydrogens is 340 g/mol. The maximum atomic E-state index is 12.7. The van der Waals surface area contributed by atoms with Crippen LogP contribution in [0.5, 0.6) is 0 Å². The number of aryl methyl sites for hydroxylation is 2. The van der Waals surface area contributed by atoms with E-state index in [4.69, 9.17) is 0 Å². The summed E-state index contributed by atoms with van der Waals surface area (Å²) in [5, 5.41) is 6.08. The number of nitrogens with zero attached hydrogens (tertiary/aromatic N) is 2. The van der Waals surface area contributed by atoms with Crippen molar-refractivity contribution in [2.75, 3.05) is 25.0 Å². The molecule has 0 saturated carbocycles. The molecule has 6 nitrogen and oxygen atoms in total. The van der Waals surface area contributed by atoms with Gasteiger partial charge in [-0.05, 0) is 37.5 Å². The van der Waals surface area contributed by atoms with Crippen molar-refractivity contribution in [3.8, 4) is 0 Å². The summed E-state index contributed by atoms with van der Waals surface area (Å²) in [7, 11) is 0. The van der Waals surface area contributed by atoms with Crippen LogP contribution in [0.25, 0.3) is 0 Å². The van der Waals surface area contributed by atoms with Crippen LogP contribution < -0.4 is 10.6 Å². The molecule has 1 aromatic heterocycles. The Labute approximate surface area is 160 Å². The topological polar surface area (TPSA) is 74.3 Å². The number of carbonyl (C=O) groups excluding carboxylic acids is 2. The maximum absolute atomic E-state index is 12.7. The molecule has 3 rings (SSSR count). The molecule has 0 spiro atoms. The third-order valence-electron chi connectivity index (χ3n) is 4.74. The molecule has 27 heavy (non-hydrogen) atoms. The standard InChI is InChI=1S/C21H26N4O2/c1-16-10-11-18(14-23-16)24-21(27)19-15-22-12-13-25(19)20(26)9-5-8-17-6-3-2-4-7-17/h2-4,6-7,10-11,14,19,22H,5,8-9,12-13,15H2,1H3,(H,24,27)/t19-/m0/s1. The van der Waals surface area contributed by atoms with Gasteiger partial charge in [-0.3, -0.25) is 14.6 Å². The average molecular weight is 366 g/mol. The van der Waals surface area contributed by atoms with Crippen molar-refractivity contribution in [2.45, 2.75) is 32.2 Å². The number of carbonyl (C=O) groups is 2. The number of nitrogens with one attached hydrogen (secondary N) is 2. The van der Waals surface area contributed by atoms with Crippen LogP contribution in [0.4, 0.5) is 5.69 Å². The van der Waals surface area contributed by atoms with Crippen LogP contribution in [-0.4, -0.2) is 47.4 Å². The Morgan fingerprint density at radius 3 is 2.78 bits per heavy atom. The molecule has 2 amide bonds. The van der Waals surface area contributed by atoms with Gasteiger partial charge >= 0.3 is 0 Å². The van der Waals surface area contributed by atoms with Crippen LogP contribution in [0.15, 0.2) is 48.7 Å². The van der Waals surface area contributed by atoms with E-state index < -0.39 is 6.04 Å². The van der Waals surface area contributed by atoms with Gasteiger partial charge in [-0.25, -0.2) is 0 Å². The van der Waals surface area contributed by atoms with Gasteiger partial charge in [0.1, 0.15) is 6.04 Å². The summed E-state index contributed by atoms with van der Waals surface area (Å²) in [5.41, 5.74) is 2.77. The van der Waals surface area contributed by atoms with Crippen LogP contribution in [-0.2, 0) is 16.0 Å². The van der Waals surface area contributed by atoms with Crippen LogP contribution in [0.1, 0.15) is 24.1 Å². The fourth-order valence-corrected chi connectivity index (χ4v) is 3.24. The molecule has 1 atom stereocenters. The highest BCUT2D eigenvalue weighted by molar-refractivity contribution is 5.97. The number of aromatic nitrogens is 1. The zero-order chi connectivity index (χ0) is 19.1. The van der Waals surface area contributed by atoms with E-state index in [1.807, 2.05) is 37.3 Å². The minimum absolute atomic E-state index is 0.0367. The molecule has 1 aliphatic heterocycles. The number of hydrogen-bond donors (Lipinski definition) is 2. The number of pyridine rings is 1. The molecule has 0 radical (unpaired) electrons. The molecule has 2 N–H and O–H groups in total. The smallest absolute Gasteiger partial charge is 0.248 e. The summed E-state index contributed by atoms with van der Waals surface area (Å²) in [5.74, 6) is -0.140. The molecule has 0 unspecified atom stereocenters. The highest BCUT2D eigenvalue weighted by atomic mass is 16.2. The molecule has 1 saturated heterocycles. The fourth-order valence-electron chi connectivity index (χ4n) is 3.24. The number of benzene rings is 1. The van der Waals surface area contributed by atoms with E-state index in [0.717, 1.165) is 18.5 Å². The van der Waals surface area contributed by atoms with Gasteiger partial charge in [0.2, 0.25) is 11.8 Å². The Bertz CT molecular complexity index is 762. The Hall–Kier alpha value is -2.73. The first-order valence-corrected chi connectivity index (χ1v) is 9.41. The summed E-state index contributed by atoms with van der Waals surface area (Å²) in [6.45, 7) is 3.62. The monoisotopic (exact) mass is 366 g/mol. The summed E-state index contributed by atoms with van der Waals surface area (Å²) < 4.78 is 0. The predicted molar refractivity (Wildman–Crippen MR) is 105 cm³/mol. The number of amides is 2. The van der Waals surface area contributed by atoms with Crippen LogP contribution in [0.3, 0.4) is 0 Å². The van der Waals surface area contributed by atoms with Crippen LogP contribution >= 0.6 is 0 Å². The Morgan fingerprint density at radius 1 is 1.22 bits per heavy atom. The van der Waals surface area contributed by atoms with E-state index in [-0.39, 0.29) is 11.8 Å². The molecule has 0 bridgehead atoms. The Kier molecular flexibility index (Phi) is 6.54. The van der Waals surface area contributed by atoms with Gasteiger partial charge in [0.15, 0.2) is 0 Å². The van der Waals surface area contributed by atoms with E-state index in [1.165, 1.54) is 5.56 Å². The maximum Gasteiger partial charge on any atom is 0.248 e. The van der Waals surface area contributed by atoms with Crippen molar-refractivity contribution in [2.24, 2.45) is 0 Å². The van der Waals surface area contributed by atoms with E-state index in [1.54, 1.807) is 11.1 Å². The zero-order valence-electron chi connectivity index (χ0n) is 15.6. The van der Waals surface area contributed by atoms with Crippen LogP contribution in [0.2, 0.25) is 0 Å². The summed E-state index contributed by atoms with van der Waals surface area (Å²) in [4.78, 5) is 31.3. The molecule has 1 aliphatic rings. The lowest BCUT2D eigenvalue weighted by molar-refractivity contribution is -0.139. The first-order chi connectivity index (χ1) is 13.1. The van der Waals surface area contributed by atoms with Gasteiger partial charge < -0.3 is 15.5 Å². The van der Waals surface area contributed by atoms with Crippen molar-refractivity contribution in [1.82, 2.24) is 15.2 Å². The number of hydrogen-bond acceptors (Lipinski definition) is 4. The fraction of sp³-hybridized carbons (Fsp3) is 0.381. The van der Waals surface area contributed by atoms with Gasteiger partial charge in [-0.15, -0.1) is 0 Å². The minimum Gasteiger partial charge on any atom is -0.328 e. The second kappa shape index (κ2) is 9.28. The van der Waals surface area contributed by atoms with Crippen molar-refractivity contribution in [3.05, 3.63) is 59.9 Å². The number of anilines is 1. The summed E-state index contributed by atoms with van der Waals surface area (Å²) in [6, 6.07) is 13.3. The van der Waals surface area contributed by atoms with Gasteiger partial charge in [0.05, 0.1) is 11.9 Å². The minimum atomic E-state index is -0.496. The normalized spacial score (nSPS) is 16.8. The molecule has 2 aromatic rings. The molecule has 6 heteroatoms. The molecule has 2 heterocycles. The summed E-state index contributed by atoms with van der Waals surface area (Å²) >= 11 is 0. The van der Waals surface area contributed by atoms with Crippen molar-refractivity contribution >= 4 is 17.5 Å². The van der Waals surface area contributed by atoms with E-state index in [2.05, 4.69) is 27.8 Å². The summed E-state index contributed by atoms with van der Waals surface area (Å²) in [6.07, 6.45) is 3.73. The number of rotatable bonds is 6. The van der Waals surface area contributed by atoms with Gasteiger partial charge in [-0.1, -0.05) is 30.3 Å². The highest BCUT2D eigenvalue weighted by Gasteiger charge is 2.31. The number of piperazine rings is 1. The van der Waals surface area contributed by atoms with Gasteiger partial charge in [-0.2, -0.15) is 0 Å². The lowest BCUT2D eigenvalue weighted by Gasteiger charge is -2.35. The largest absolute Gasteiger partial charge is 0.328 e. The third-order valence-corrected chi connectivity index (χ3v) is 4.74. The van der Waals surface area contributed by atoms with Crippen molar-refractivity contribution < 1.29 is 9.59 Å². The van der Waals surface area contributed by atoms with Gasteiger partial charge in [0, 0.05) is 31.7 Å². The third kappa shape index (κ3) is 5.37. The molecule has 1 aromatic carbocycles. The van der Waals surface area contributed by atoms with E-state index in [0.29, 0.717) is 31.7 Å². The second-order valence-electron chi connectivity index (χ2n) is 6.82. The molecule has 1 fully saturated rings. The molecule has 142 valence electrons. The van der Waals surface area contributed by atoms with Crippen molar-refractivity contribution in [1.29, 1.82) is 0 Å². The van der Waals surface area contributed by atoms with E-state index >= 15 is 0 Å². The predicted octanol–water partition coefficient (Wildman–Crippen LogP) is 2.15. The average Bonchev–Trinajstić information content (AvgIpc) is 2.70.